The standard InChI is InChI=1S/C14H15BrClNO/c1-10(8-11-4-2-3-5-13(11)16)17-9-12-6-7-14(15)18-12/h2-7,10,17H,8-9H2,1H3. The molecule has 0 saturated carbocycles. The zero-order chi connectivity index (χ0) is 13.0. The summed E-state index contributed by atoms with van der Waals surface area (Å²) in [6.07, 6.45) is 0.904. The van der Waals surface area contributed by atoms with Crippen LogP contribution >= 0.6 is 27.5 Å². The van der Waals surface area contributed by atoms with Crippen LogP contribution in [0.25, 0.3) is 0 Å². The van der Waals surface area contributed by atoms with Gasteiger partial charge >= 0.3 is 0 Å². The smallest absolute Gasteiger partial charge is 0.169 e. The molecular formula is C14H15BrClNO. The van der Waals surface area contributed by atoms with Gasteiger partial charge in [-0.1, -0.05) is 29.8 Å². The van der Waals surface area contributed by atoms with Crippen LogP contribution in [0.4, 0.5) is 0 Å². The summed E-state index contributed by atoms with van der Waals surface area (Å²) in [4.78, 5) is 0. The van der Waals surface area contributed by atoms with E-state index in [-0.39, 0.29) is 0 Å². The fraction of sp³-hybridized carbons (Fsp3) is 0.286. The Kier molecular flexibility index (Phi) is 4.87. The van der Waals surface area contributed by atoms with Crippen molar-refractivity contribution in [1.82, 2.24) is 5.32 Å². The molecule has 0 radical (unpaired) electrons. The molecule has 4 heteroatoms. The van der Waals surface area contributed by atoms with Crippen LogP contribution in [0.1, 0.15) is 18.2 Å². The second-order valence-corrected chi connectivity index (χ2v) is 5.47. The number of benzene rings is 1. The van der Waals surface area contributed by atoms with Gasteiger partial charge in [-0.2, -0.15) is 0 Å². The molecule has 0 spiro atoms. The summed E-state index contributed by atoms with van der Waals surface area (Å²) >= 11 is 9.43. The highest BCUT2D eigenvalue weighted by atomic mass is 79.9. The number of nitrogens with one attached hydrogen (secondary N) is 1. The third-order valence-electron chi connectivity index (χ3n) is 2.74. The Balaban J connectivity index is 1.85. The SMILES string of the molecule is CC(Cc1ccccc1Cl)NCc1ccc(Br)o1. The maximum Gasteiger partial charge on any atom is 0.169 e. The lowest BCUT2D eigenvalue weighted by atomic mass is 10.1. The lowest BCUT2D eigenvalue weighted by Crippen LogP contribution is -2.27. The van der Waals surface area contributed by atoms with Crippen LogP contribution in [0.2, 0.25) is 5.02 Å². The predicted octanol–water partition coefficient (Wildman–Crippen LogP) is 4.42. The van der Waals surface area contributed by atoms with E-state index < -0.39 is 0 Å². The fourth-order valence-electron chi connectivity index (χ4n) is 1.79. The van der Waals surface area contributed by atoms with E-state index in [0.29, 0.717) is 6.04 Å². The molecule has 0 amide bonds. The molecule has 0 fully saturated rings. The topological polar surface area (TPSA) is 25.2 Å². The van der Waals surface area contributed by atoms with E-state index >= 15 is 0 Å². The molecule has 2 nitrogen and oxygen atoms in total. The van der Waals surface area contributed by atoms with E-state index in [1.54, 1.807) is 0 Å². The molecule has 2 rings (SSSR count). The largest absolute Gasteiger partial charge is 0.453 e. The maximum absolute atomic E-state index is 6.14. The minimum Gasteiger partial charge on any atom is -0.453 e. The molecule has 0 aliphatic carbocycles. The molecule has 1 aromatic carbocycles. The Bertz CT molecular complexity index is 512. The molecular weight excluding hydrogens is 314 g/mol. The lowest BCUT2D eigenvalue weighted by molar-refractivity contribution is 0.441. The van der Waals surface area contributed by atoms with Crippen LogP contribution in [0.15, 0.2) is 45.5 Å². The van der Waals surface area contributed by atoms with Gasteiger partial charge in [-0.25, -0.2) is 0 Å². The van der Waals surface area contributed by atoms with Gasteiger partial charge in [0.1, 0.15) is 5.76 Å². The highest BCUT2D eigenvalue weighted by Crippen LogP contribution is 2.17. The van der Waals surface area contributed by atoms with E-state index in [1.165, 1.54) is 5.56 Å². The molecule has 1 atom stereocenters. The first kappa shape index (κ1) is 13.7. The fourth-order valence-corrected chi connectivity index (χ4v) is 2.34. The minimum atomic E-state index is 0.341. The number of rotatable bonds is 5. The van der Waals surface area contributed by atoms with Crippen LogP contribution in [-0.2, 0) is 13.0 Å². The Morgan fingerprint density at radius 1 is 1.28 bits per heavy atom. The van der Waals surface area contributed by atoms with Gasteiger partial charge in [0.05, 0.1) is 6.54 Å². The van der Waals surface area contributed by atoms with Gasteiger partial charge in [0, 0.05) is 11.1 Å². The average Bonchev–Trinajstić information content (AvgIpc) is 2.76. The monoisotopic (exact) mass is 327 g/mol. The lowest BCUT2D eigenvalue weighted by Gasteiger charge is -2.13. The van der Waals surface area contributed by atoms with Crippen LogP contribution < -0.4 is 5.32 Å². The molecule has 0 saturated heterocycles. The summed E-state index contributed by atoms with van der Waals surface area (Å²) in [5.74, 6) is 0.924. The first-order valence-corrected chi connectivity index (χ1v) is 7.03. The van der Waals surface area contributed by atoms with Crippen molar-refractivity contribution in [3.05, 3.63) is 57.4 Å². The molecule has 1 heterocycles. The van der Waals surface area contributed by atoms with Gasteiger partial charge in [0.2, 0.25) is 0 Å². The molecule has 96 valence electrons. The average molecular weight is 329 g/mol. The molecule has 2 aromatic rings. The van der Waals surface area contributed by atoms with Gasteiger partial charge in [-0.15, -0.1) is 0 Å². The molecule has 1 aromatic heterocycles. The molecule has 0 aliphatic rings. The summed E-state index contributed by atoms with van der Waals surface area (Å²) in [6, 6.07) is 12.1. The van der Waals surface area contributed by atoms with E-state index in [4.69, 9.17) is 16.0 Å². The molecule has 0 aliphatic heterocycles. The summed E-state index contributed by atoms with van der Waals surface area (Å²) in [5, 5.41) is 4.24. The second-order valence-electron chi connectivity index (χ2n) is 4.28. The number of halogens is 2. The normalized spacial score (nSPS) is 12.6. The molecule has 1 N–H and O–H groups in total. The second kappa shape index (κ2) is 6.41. The Morgan fingerprint density at radius 2 is 2.06 bits per heavy atom. The van der Waals surface area contributed by atoms with Crippen molar-refractivity contribution >= 4 is 27.5 Å². The van der Waals surface area contributed by atoms with Crippen molar-refractivity contribution in [1.29, 1.82) is 0 Å². The summed E-state index contributed by atoms with van der Waals surface area (Å²) < 4.78 is 6.20. The van der Waals surface area contributed by atoms with Crippen molar-refractivity contribution in [2.45, 2.75) is 25.9 Å². The van der Waals surface area contributed by atoms with Crippen LogP contribution in [0, 0.1) is 0 Å². The van der Waals surface area contributed by atoms with E-state index in [0.717, 1.165) is 28.4 Å². The highest BCUT2D eigenvalue weighted by molar-refractivity contribution is 9.10. The number of hydrogen-bond acceptors (Lipinski definition) is 2. The van der Waals surface area contributed by atoms with E-state index in [1.807, 2.05) is 30.3 Å². The Hall–Kier alpha value is -0.770. The van der Waals surface area contributed by atoms with Crippen LogP contribution in [0.5, 0.6) is 0 Å². The summed E-state index contributed by atoms with van der Waals surface area (Å²) in [7, 11) is 0. The van der Waals surface area contributed by atoms with Gasteiger partial charge in [0.15, 0.2) is 4.67 Å². The molecule has 18 heavy (non-hydrogen) atoms. The first-order chi connectivity index (χ1) is 8.65. The number of hydrogen-bond donors (Lipinski definition) is 1. The van der Waals surface area contributed by atoms with Gasteiger partial charge in [0.25, 0.3) is 0 Å². The summed E-state index contributed by atoms with van der Waals surface area (Å²) in [6.45, 7) is 2.86. The summed E-state index contributed by atoms with van der Waals surface area (Å²) in [5.41, 5.74) is 1.17. The van der Waals surface area contributed by atoms with Crippen molar-refractivity contribution in [3.63, 3.8) is 0 Å². The van der Waals surface area contributed by atoms with Crippen molar-refractivity contribution in [2.75, 3.05) is 0 Å². The molecule has 0 bridgehead atoms. The number of furan rings is 1. The van der Waals surface area contributed by atoms with E-state index in [9.17, 15) is 0 Å². The third-order valence-corrected chi connectivity index (χ3v) is 3.53. The zero-order valence-corrected chi connectivity index (χ0v) is 12.5. The maximum atomic E-state index is 6.14. The molecule has 1 unspecified atom stereocenters. The third kappa shape index (κ3) is 3.87. The van der Waals surface area contributed by atoms with Crippen LogP contribution in [0.3, 0.4) is 0 Å². The predicted molar refractivity (Wildman–Crippen MR) is 77.9 cm³/mol. The van der Waals surface area contributed by atoms with Gasteiger partial charge < -0.3 is 9.73 Å². The quantitative estimate of drug-likeness (QED) is 0.879. The zero-order valence-electron chi connectivity index (χ0n) is 10.1. The van der Waals surface area contributed by atoms with Crippen molar-refractivity contribution < 1.29 is 4.42 Å². The van der Waals surface area contributed by atoms with Crippen molar-refractivity contribution in [3.8, 4) is 0 Å². The Morgan fingerprint density at radius 3 is 2.72 bits per heavy atom. The van der Waals surface area contributed by atoms with Crippen molar-refractivity contribution in [2.24, 2.45) is 0 Å². The van der Waals surface area contributed by atoms with Gasteiger partial charge in [-0.3, -0.25) is 0 Å². The Labute approximate surface area is 120 Å². The van der Waals surface area contributed by atoms with E-state index in [2.05, 4.69) is 34.2 Å². The minimum absolute atomic E-state index is 0.341. The first-order valence-electron chi connectivity index (χ1n) is 5.86. The highest BCUT2D eigenvalue weighted by Gasteiger charge is 2.07. The van der Waals surface area contributed by atoms with Gasteiger partial charge in [-0.05, 0) is 53.0 Å². The van der Waals surface area contributed by atoms with Crippen LogP contribution in [-0.4, -0.2) is 6.04 Å².